The predicted molar refractivity (Wildman–Crippen MR) is 127 cm³/mol. The summed E-state index contributed by atoms with van der Waals surface area (Å²) < 4.78 is 6.36. The van der Waals surface area contributed by atoms with E-state index < -0.39 is 18.4 Å². The number of nitrogens with zero attached hydrogens (tertiary/aromatic N) is 2. The zero-order valence-corrected chi connectivity index (χ0v) is 20.3. The molecule has 5 bridgehead atoms. The van der Waals surface area contributed by atoms with Gasteiger partial charge in [-0.1, -0.05) is 38.5 Å². The second kappa shape index (κ2) is 7.66. The third-order valence-electron chi connectivity index (χ3n) is 10.6. The molecule has 11 atom stereocenters. The van der Waals surface area contributed by atoms with Crippen LogP contribution in [0.2, 0.25) is 0 Å². The Morgan fingerprint density at radius 2 is 2.00 bits per heavy atom. The lowest BCUT2D eigenvalue weighted by atomic mass is 9.60. The molecule has 1 saturated carbocycles. The third kappa shape index (κ3) is 2.57. The van der Waals surface area contributed by atoms with Crippen LogP contribution >= 0.6 is 0 Å². The number of rotatable bonds is 8. The van der Waals surface area contributed by atoms with E-state index >= 15 is 0 Å². The minimum Gasteiger partial charge on any atom is -0.392 e. The molecule has 5 fully saturated rings. The molecule has 6 unspecified atom stereocenters. The van der Waals surface area contributed by atoms with E-state index in [-0.39, 0.29) is 35.4 Å². The summed E-state index contributed by atoms with van der Waals surface area (Å²) in [5.41, 5.74) is 2.27. The Bertz CT molecular complexity index is 912. The first-order valence-corrected chi connectivity index (χ1v) is 13.2. The van der Waals surface area contributed by atoms with Crippen molar-refractivity contribution in [2.75, 3.05) is 31.7 Å². The smallest absolute Gasteiger partial charge is 0.194 e. The number of hydrogen-bond donors (Lipinski definition) is 3. The standard InChI is InChI=1S/C27H41N2O4/c1-4-6-11-33-15-16(30)14-29-21-12-18(17(5-2)26(29)32)23-22(29)13-27(25(23)31)19-9-7-8-10-20(19)28(3)24(21)27/h7-10,16-18,21-26,30-32H,4-6,11-15H2,1-3H3/q+1/t16?,17-,18?,21-,22-,23?,24-,25?,26+,27?,29?/m0/s1. The zero-order chi connectivity index (χ0) is 23.1. The molecule has 1 aromatic rings. The fraction of sp³-hybridized carbons (Fsp3) is 0.778. The number of fused-ring (bicyclic) bond motifs is 2. The van der Waals surface area contributed by atoms with Crippen molar-refractivity contribution in [1.82, 2.24) is 0 Å². The second-order valence-corrected chi connectivity index (χ2v) is 11.6. The maximum absolute atomic E-state index is 12.1. The minimum atomic E-state index is -0.605. The van der Waals surface area contributed by atoms with Gasteiger partial charge in [-0.2, -0.15) is 0 Å². The van der Waals surface area contributed by atoms with Crippen molar-refractivity contribution in [2.45, 2.75) is 87.9 Å². The lowest BCUT2D eigenvalue weighted by Crippen LogP contribution is -2.83. The van der Waals surface area contributed by atoms with Crippen molar-refractivity contribution < 1.29 is 24.5 Å². The Hall–Kier alpha value is -1.18. The summed E-state index contributed by atoms with van der Waals surface area (Å²) in [6, 6.07) is 9.18. The van der Waals surface area contributed by atoms with Gasteiger partial charge in [-0.05, 0) is 30.4 Å². The number of quaternary nitrogens is 1. The van der Waals surface area contributed by atoms with E-state index in [2.05, 4.69) is 50.1 Å². The van der Waals surface area contributed by atoms with Crippen LogP contribution in [0, 0.1) is 17.8 Å². The van der Waals surface area contributed by atoms with Crippen molar-refractivity contribution in [1.29, 1.82) is 0 Å². The van der Waals surface area contributed by atoms with Crippen molar-refractivity contribution >= 4 is 5.69 Å². The van der Waals surface area contributed by atoms with E-state index in [4.69, 9.17) is 4.74 Å². The predicted octanol–water partition coefficient (Wildman–Crippen LogP) is 2.25. The molecule has 1 aliphatic carbocycles. The molecule has 0 aromatic heterocycles. The number of ether oxygens (including phenoxy) is 1. The molecule has 3 N–H and O–H groups in total. The third-order valence-corrected chi connectivity index (χ3v) is 10.6. The van der Waals surface area contributed by atoms with Crippen LogP contribution in [0.15, 0.2) is 24.3 Å². The molecule has 182 valence electrons. The summed E-state index contributed by atoms with van der Waals surface area (Å²) >= 11 is 0. The van der Waals surface area contributed by atoms with Crippen LogP contribution in [0.1, 0.15) is 51.5 Å². The van der Waals surface area contributed by atoms with E-state index in [1.54, 1.807) is 0 Å². The summed E-state index contributed by atoms with van der Waals surface area (Å²) in [4.78, 5) is 2.40. The summed E-state index contributed by atoms with van der Waals surface area (Å²) in [7, 11) is 2.18. The van der Waals surface area contributed by atoms with Crippen LogP contribution < -0.4 is 4.90 Å². The maximum Gasteiger partial charge on any atom is 0.194 e. The molecular formula is C27H41N2O4+. The van der Waals surface area contributed by atoms with Gasteiger partial charge in [0.05, 0.1) is 30.2 Å². The first kappa shape index (κ1) is 22.3. The van der Waals surface area contributed by atoms with Gasteiger partial charge in [-0.3, -0.25) is 4.48 Å². The highest BCUT2D eigenvalue weighted by Crippen LogP contribution is 2.71. The first-order valence-electron chi connectivity index (χ1n) is 13.2. The lowest BCUT2D eigenvalue weighted by Gasteiger charge is -2.68. The SMILES string of the molecule is CCCCOCC(O)C[N+]12[C@H](O)[C@@H](CC)C3C[C@H]1[C@@H]1N(C)c4ccccc4C14C[C@H]2C3C4O. The van der Waals surface area contributed by atoms with E-state index in [0.29, 0.717) is 30.2 Å². The highest BCUT2D eigenvalue weighted by molar-refractivity contribution is 5.66. The monoisotopic (exact) mass is 457 g/mol. The quantitative estimate of drug-likeness (QED) is 0.413. The highest BCUT2D eigenvalue weighted by atomic mass is 16.5. The number of likely N-dealkylation sites (N-methyl/N-ethyl adjacent to an activating group) is 1. The second-order valence-electron chi connectivity index (χ2n) is 11.6. The van der Waals surface area contributed by atoms with E-state index in [0.717, 1.165) is 32.1 Å². The Kier molecular flexibility index (Phi) is 5.17. The van der Waals surface area contributed by atoms with Crippen LogP contribution in [0.4, 0.5) is 5.69 Å². The largest absolute Gasteiger partial charge is 0.392 e. The molecule has 0 radical (unpaired) electrons. The fourth-order valence-electron chi connectivity index (χ4n) is 9.64. The van der Waals surface area contributed by atoms with Gasteiger partial charge in [0.15, 0.2) is 6.23 Å². The molecule has 33 heavy (non-hydrogen) atoms. The molecule has 1 aromatic carbocycles. The van der Waals surface area contributed by atoms with Crippen LogP contribution in [0.25, 0.3) is 0 Å². The van der Waals surface area contributed by atoms with E-state index in [1.807, 2.05) is 0 Å². The van der Waals surface area contributed by atoms with Gasteiger partial charge in [-0.25, -0.2) is 0 Å². The molecule has 7 rings (SSSR count). The normalized spacial score (nSPS) is 47.2. The maximum atomic E-state index is 12.1. The molecule has 5 aliphatic heterocycles. The van der Waals surface area contributed by atoms with Gasteiger partial charge in [-0.15, -0.1) is 0 Å². The van der Waals surface area contributed by atoms with Gasteiger partial charge < -0.3 is 25.0 Å². The molecule has 6 heteroatoms. The van der Waals surface area contributed by atoms with Gasteiger partial charge >= 0.3 is 0 Å². The van der Waals surface area contributed by atoms with Crippen molar-refractivity contribution in [2.24, 2.45) is 17.8 Å². The molecule has 4 saturated heterocycles. The van der Waals surface area contributed by atoms with Crippen LogP contribution in [-0.2, 0) is 10.2 Å². The Morgan fingerprint density at radius 1 is 1.21 bits per heavy atom. The van der Waals surface area contributed by atoms with E-state index in [1.165, 1.54) is 11.3 Å². The zero-order valence-electron chi connectivity index (χ0n) is 20.3. The van der Waals surface area contributed by atoms with Gasteiger partial charge in [0.2, 0.25) is 0 Å². The average molecular weight is 458 g/mol. The van der Waals surface area contributed by atoms with Crippen LogP contribution in [-0.4, -0.2) is 83.2 Å². The fourth-order valence-corrected chi connectivity index (χ4v) is 9.64. The summed E-state index contributed by atoms with van der Waals surface area (Å²) in [6.45, 7) is 5.84. The summed E-state index contributed by atoms with van der Waals surface area (Å²) in [5.74, 6) is 0.728. The van der Waals surface area contributed by atoms with Gasteiger partial charge in [0, 0.05) is 44.0 Å². The van der Waals surface area contributed by atoms with Crippen molar-refractivity contribution in [3.05, 3.63) is 29.8 Å². The molecular weight excluding hydrogens is 416 g/mol. The lowest BCUT2D eigenvalue weighted by molar-refractivity contribution is -1.04. The Morgan fingerprint density at radius 3 is 2.76 bits per heavy atom. The Balaban J connectivity index is 1.43. The number of aliphatic hydroxyl groups is 3. The number of aliphatic hydroxyl groups excluding tert-OH is 3. The molecule has 1 spiro atoms. The molecule has 0 amide bonds. The Labute approximate surface area is 197 Å². The summed E-state index contributed by atoms with van der Waals surface area (Å²) in [6.07, 6.45) is 3.44. The van der Waals surface area contributed by atoms with Crippen molar-refractivity contribution in [3.8, 4) is 0 Å². The summed E-state index contributed by atoms with van der Waals surface area (Å²) in [5, 5.41) is 35.2. The average Bonchev–Trinajstić information content (AvgIpc) is 3.20. The topological polar surface area (TPSA) is 73.2 Å². The molecule has 6 nitrogen and oxygen atoms in total. The van der Waals surface area contributed by atoms with Crippen molar-refractivity contribution in [3.63, 3.8) is 0 Å². The first-order chi connectivity index (χ1) is 15.9. The molecule has 6 aliphatic rings. The minimum absolute atomic E-state index is 0.150. The number of para-hydroxylation sites is 1. The van der Waals surface area contributed by atoms with Crippen LogP contribution in [0.3, 0.4) is 0 Å². The van der Waals surface area contributed by atoms with Gasteiger partial charge in [0.25, 0.3) is 0 Å². The number of piperidine rings is 4. The number of hydrogen-bond acceptors (Lipinski definition) is 5. The van der Waals surface area contributed by atoms with Crippen LogP contribution in [0.5, 0.6) is 0 Å². The van der Waals surface area contributed by atoms with E-state index in [9.17, 15) is 15.3 Å². The number of unbranched alkanes of at least 4 members (excludes halogenated alkanes) is 1. The van der Waals surface area contributed by atoms with Gasteiger partial charge in [0.1, 0.15) is 18.7 Å². The highest BCUT2D eigenvalue weighted by Gasteiger charge is 2.83. The molecule has 5 heterocycles. The number of anilines is 1. The number of benzene rings is 1.